The predicted octanol–water partition coefficient (Wildman–Crippen LogP) is 2.12. The van der Waals surface area contributed by atoms with Crippen molar-refractivity contribution in [2.45, 2.75) is 19.1 Å². The highest BCUT2D eigenvalue weighted by Crippen LogP contribution is 2.13. The lowest BCUT2D eigenvalue weighted by molar-refractivity contribution is 0.0878. The molecule has 0 saturated heterocycles. The van der Waals surface area contributed by atoms with Crippen LogP contribution >= 0.6 is 0 Å². The van der Waals surface area contributed by atoms with Crippen LogP contribution in [0.3, 0.4) is 0 Å². The zero-order valence-electron chi connectivity index (χ0n) is 11.7. The van der Waals surface area contributed by atoms with Crippen molar-refractivity contribution >= 4 is 5.78 Å². The molecule has 0 fully saturated rings. The van der Waals surface area contributed by atoms with Crippen LogP contribution < -0.4 is 5.32 Å². The second kappa shape index (κ2) is 7.57. The summed E-state index contributed by atoms with van der Waals surface area (Å²) in [6.45, 7) is 0.998. The number of phenolic OH excluding ortho intramolecular Hbond substituents is 1. The molecule has 1 unspecified atom stereocenters. The summed E-state index contributed by atoms with van der Waals surface area (Å²) in [6.07, 6.45) is -0.714. The van der Waals surface area contributed by atoms with Crippen molar-refractivity contribution in [3.05, 3.63) is 65.7 Å². The first kappa shape index (κ1) is 15.2. The number of benzene rings is 2. The molecule has 0 aliphatic carbocycles. The summed E-state index contributed by atoms with van der Waals surface area (Å²) in [5.74, 6) is -0.127. The summed E-state index contributed by atoms with van der Waals surface area (Å²) >= 11 is 0. The average molecular weight is 285 g/mol. The SMILES string of the molecule is O=C(CC(O)CNCc1ccccc1)c1cccc(O)c1. The third-order valence-corrected chi connectivity index (χ3v) is 3.14. The molecule has 0 aliphatic rings. The molecular weight excluding hydrogens is 266 g/mol. The number of hydrogen-bond acceptors (Lipinski definition) is 4. The molecule has 21 heavy (non-hydrogen) atoms. The van der Waals surface area contributed by atoms with Crippen LogP contribution in [0.2, 0.25) is 0 Å². The van der Waals surface area contributed by atoms with Crippen LogP contribution in [-0.4, -0.2) is 28.6 Å². The Bertz CT molecular complexity index is 584. The maximum atomic E-state index is 11.9. The molecule has 3 N–H and O–H groups in total. The molecule has 4 heteroatoms. The lowest BCUT2D eigenvalue weighted by Crippen LogP contribution is -2.28. The molecule has 2 aromatic carbocycles. The van der Waals surface area contributed by atoms with Crippen LogP contribution in [0.5, 0.6) is 5.75 Å². The van der Waals surface area contributed by atoms with E-state index in [0.29, 0.717) is 18.7 Å². The quantitative estimate of drug-likeness (QED) is 0.682. The van der Waals surface area contributed by atoms with Crippen molar-refractivity contribution in [2.75, 3.05) is 6.54 Å². The van der Waals surface area contributed by atoms with E-state index in [9.17, 15) is 15.0 Å². The molecule has 4 nitrogen and oxygen atoms in total. The van der Waals surface area contributed by atoms with E-state index >= 15 is 0 Å². The Kier molecular flexibility index (Phi) is 5.49. The van der Waals surface area contributed by atoms with Gasteiger partial charge in [0.2, 0.25) is 0 Å². The van der Waals surface area contributed by atoms with Crippen molar-refractivity contribution < 1.29 is 15.0 Å². The Balaban J connectivity index is 1.76. The number of aliphatic hydroxyl groups is 1. The van der Waals surface area contributed by atoms with Gasteiger partial charge in [-0.05, 0) is 17.7 Å². The van der Waals surface area contributed by atoms with Crippen LogP contribution in [0, 0.1) is 0 Å². The minimum absolute atomic E-state index is 0.0330. The van der Waals surface area contributed by atoms with Gasteiger partial charge in [0, 0.05) is 25.1 Å². The highest BCUT2D eigenvalue weighted by atomic mass is 16.3. The van der Waals surface area contributed by atoms with E-state index < -0.39 is 6.10 Å². The van der Waals surface area contributed by atoms with Crippen LogP contribution in [0.1, 0.15) is 22.3 Å². The number of carbonyl (C=O) groups excluding carboxylic acids is 1. The number of aliphatic hydroxyl groups excluding tert-OH is 1. The van der Waals surface area contributed by atoms with Gasteiger partial charge in [-0.1, -0.05) is 42.5 Å². The van der Waals surface area contributed by atoms with E-state index in [1.807, 2.05) is 30.3 Å². The summed E-state index contributed by atoms with van der Waals surface area (Å²) in [4.78, 5) is 11.9. The normalized spacial score (nSPS) is 12.0. The fourth-order valence-electron chi connectivity index (χ4n) is 2.06. The summed E-state index contributed by atoms with van der Waals surface area (Å²) in [6, 6.07) is 16.0. The molecule has 0 saturated carbocycles. The van der Waals surface area contributed by atoms with Crippen molar-refractivity contribution in [3.63, 3.8) is 0 Å². The molecule has 0 radical (unpaired) electrons. The Morgan fingerprint density at radius 1 is 1.10 bits per heavy atom. The van der Waals surface area contributed by atoms with Gasteiger partial charge in [0.15, 0.2) is 5.78 Å². The second-order valence-electron chi connectivity index (χ2n) is 4.95. The fourth-order valence-corrected chi connectivity index (χ4v) is 2.06. The molecule has 110 valence electrons. The highest BCUT2D eigenvalue weighted by Gasteiger charge is 2.12. The van der Waals surface area contributed by atoms with E-state index in [1.165, 1.54) is 12.1 Å². The van der Waals surface area contributed by atoms with Crippen LogP contribution in [-0.2, 0) is 6.54 Å². The maximum Gasteiger partial charge on any atom is 0.165 e. The third-order valence-electron chi connectivity index (χ3n) is 3.14. The van der Waals surface area contributed by atoms with Gasteiger partial charge < -0.3 is 15.5 Å². The highest BCUT2D eigenvalue weighted by molar-refractivity contribution is 5.96. The van der Waals surface area contributed by atoms with Crippen molar-refractivity contribution in [2.24, 2.45) is 0 Å². The van der Waals surface area contributed by atoms with E-state index in [1.54, 1.807) is 12.1 Å². The molecule has 0 spiro atoms. The Morgan fingerprint density at radius 3 is 2.57 bits per heavy atom. The molecule has 0 aliphatic heterocycles. The van der Waals surface area contributed by atoms with Crippen molar-refractivity contribution in [1.82, 2.24) is 5.32 Å². The lowest BCUT2D eigenvalue weighted by Gasteiger charge is -2.11. The molecule has 0 bridgehead atoms. The number of carbonyl (C=O) groups is 1. The van der Waals surface area contributed by atoms with Gasteiger partial charge in [0.1, 0.15) is 5.75 Å². The zero-order chi connectivity index (χ0) is 15.1. The van der Waals surface area contributed by atoms with Gasteiger partial charge in [-0.3, -0.25) is 4.79 Å². The monoisotopic (exact) mass is 285 g/mol. The van der Waals surface area contributed by atoms with Crippen molar-refractivity contribution in [3.8, 4) is 5.75 Å². The number of Topliss-reactive ketones (excluding diaryl/α,β-unsaturated/α-hetero) is 1. The molecule has 0 heterocycles. The lowest BCUT2D eigenvalue weighted by atomic mass is 10.0. The van der Waals surface area contributed by atoms with Gasteiger partial charge in [-0.25, -0.2) is 0 Å². The smallest absolute Gasteiger partial charge is 0.165 e. The van der Waals surface area contributed by atoms with E-state index in [0.717, 1.165) is 5.56 Å². The second-order valence-corrected chi connectivity index (χ2v) is 4.95. The van der Waals surface area contributed by atoms with Crippen molar-refractivity contribution in [1.29, 1.82) is 0 Å². The average Bonchev–Trinajstić information content (AvgIpc) is 2.48. The van der Waals surface area contributed by atoms with E-state index in [-0.39, 0.29) is 18.0 Å². The first-order chi connectivity index (χ1) is 10.1. The Labute approximate surface area is 124 Å². The predicted molar refractivity (Wildman–Crippen MR) is 81.2 cm³/mol. The Hall–Kier alpha value is -2.17. The number of rotatable bonds is 7. The van der Waals surface area contributed by atoms with Gasteiger partial charge in [0.25, 0.3) is 0 Å². The molecule has 1 atom stereocenters. The standard InChI is InChI=1S/C17H19NO3/c19-15-8-4-7-14(9-15)17(21)10-16(20)12-18-11-13-5-2-1-3-6-13/h1-9,16,18-20H,10-12H2. The van der Waals surface area contributed by atoms with Crippen LogP contribution in [0.15, 0.2) is 54.6 Å². The van der Waals surface area contributed by atoms with Crippen LogP contribution in [0.4, 0.5) is 0 Å². The summed E-state index contributed by atoms with van der Waals surface area (Å²) in [5, 5.41) is 22.3. The maximum absolute atomic E-state index is 11.9. The largest absolute Gasteiger partial charge is 0.508 e. The Morgan fingerprint density at radius 2 is 1.86 bits per heavy atom. The zero-order valence-corrected chi connectivity index (χ0v) is 11.7. The fraction of sp³-hybridized carbons (Fsp3) is 0.235. The molecular formula is C17H19NO3. The third kappa shape index (κ3) is 5.02. The number of nitrogens with one attached hydrogen (secondary N) is 1. The molecule has 2 aromatic rings. The van der Waals surface area contributed by atoms with Gasteiger partial charge in [0.05, 0.1) is 6.10 Å². The summed E-state index contributed by atoms with van der Waals surface area (Å²) < 4.78 is 0. The summed E-state index contributed by atoms with van der Waals surface area (Å²) in [5.41, 5.74) is 1.54. The van der Waals surface area contributed by atoms with Crippen LogP contribution in [0.25, 0.3) is 0 Å². The molecule has 2 rings (SSSR count). The van der Waals surface area contributed by atoms with Gasteiger partial charge in [-0.2, -0.15) is 0 Å². The topological polar surface area (TPSA) is 69.6 Å². The first-order valence-corrected chi connectivity index (χ1v) is 6.90. The van der Waals surface area contributed by atoms with Gasteiger partial charge >= 0.3 is 0 Å². The number of aromatic hydroxyl groups is 1. The minimum Gasteiger partial charge on any atom is -0.508 e. The minimum atomic E-state index is -0.747. The number of ketones is 1. The number of phenols is 1. The first-order valence-electron chi connectivity index (χ1n) is 6.90. The van der Waals surface area contributed by atoms with Gasteiger partial charge in [-0.15, -0.1) is 0 Å². The number of hydrogen-bond donors (Lipinski definition) is 3. The summed E-state index contributed by atoms with van der Waals surface area (Å²) in [7, 11) is 0. The van der Waals surface area contributed by atoms with E-state index in [4.69, 9.17) is 0 Å². The molecule has 0 amide bonds. The molecule has 0 aromatic heterocycles. The van der Waals surface area contributed by atoms with E-state index in [2.05, 4.69) is 5.32 Å².